The molecule has 1 aliphatic carbocycles. The number of ether oxygens (including phenoxy) is 1. The number of hydrazine groups is 1. The topological polar surface area (TPSA) is 95.4 Å². The molecule has 2 atom stereocenters. The van der Waals surface area contributed by atoms with E-state index in [2.05, 4.69) is 21.7 Å². The molecule has 2 aliphatic heterocycles. The first-order valence-electron chi connectivity index (χ1n) is 10.4. The number of carbonyl (C=O) groups is 1. The molecule has 0 bridgehead atoms. The van der Waals surface area contributed by atoms with Crippen molar-refractivity contribution in [3.8, 4) is 0 Å². The molecule has 0 spiro atoms. The maximum absolute atomic E-state index is 13.3. The number of hydrogen-bond donors (Lipinski definition) is 4. The summed E-state index contributed by atoms with van der Waals surface area (Å²) in [5.74, 6) is 7.81. The highest BCUT2D eigenvalue weighted by atomic mass is 32.2. The Bertz CT molecular complexity index is 1050. The van der Waals surface area contributed by atoms with Gasteiger partial charge in [-0.15, -0.1) is 0 Å². The molecule has 2 unspecified atom stereocenters. The van der Waals surface area contributed by atoms with Crippen molar-refractivity contribution in [3.05, 3.63) is 78.1 Å². The number of dihydropyridines is 1. The fourth-order valence-corrected chi connectivity index (χ4v) is 5.22. The number of para-hydroxylation sites is 1. The molecule has 3 heterocycles. The normalized spacial score (nSPS) is 21.7. The average Bonchev–Trinajstić information content (AvgIpc) is 3.46. The van der Waals surface area contributed by atoms with E-state index in [1.807, 2.05) is 42.6 Å². The number of H-pyrrole nitrogens is 1. The van der Waals surface area contributed by atoms with E-state index in [0.29, 0.717) is 12.0 Å². The van der Waals surface area contributed by atoms with Gasteiger partial charge in [-0.2, -0.15) is 0 Å². The molecule has 8 heteroatoms. The number of ketones is 1. The number of allylic oxidation sites excluding steroid dienone is 2. The van der Waals surface area contributed by atoms with E-state index in [9.17, 15) is 4.79 Å². The first-order valence-corrected chi connectivity index (χ1v) is 11.4. The lowest BCUT2D eigenvalue weighted by atomic mass is 9.87. The van der Waals surface area contributed by atoms with Crippen molar-refractivity contribution in [2.45, 2.75) is 18.4 Å². The summed E-state index contributed by atoms with van der Waals surface area (Å²) in [7, 11) is 0. The molecule has 0 saturated carbocycles. The SMILES string of the molecule is NN(c1ccccc1)c1c(C2=CCNC=C2)[nH]c2c1C(=O)CC(CSC1NC=CO1)C2. The Hall–Kier alpha value is -3.10. The van der Waals surface area contributed by atoms with Crippen LogP contribution < -0.4 is 21.5 Å². The predicted octanol–water partition coefficient (Wildman–Crippen LogP) is 3.38. The summed E-state index contributed by atoms with van der Waals surface area (Å²) in [6.07, 6.45) is 10.8. The van der Waals surface area contributed by atoms with Crippen LogP contribution in [-0.2, 0) is 11.2 Å². The van der Waals surface area contributed by atoms with Gasteiger partial charge in [0.15, 0.2) is 5.78 Å². The molecule has 7 nitrogen and oxygen atoms in total. The van der Waals surface area contributed by atoms with Crippen molar-refractivity contribution >= 4 is 34.5 Å². The van der Waals surface area contributed by atoms with E-state index < -0.39 is 0 Å². The maximum Gasteiger partial charge on any atom is 0.217 e. The molecule has 2 aromatic rings. The molecule has 3 aliphatic rings. The minimum Gasteiger partial charge on any atom is -0.467 e. The molecule has 0 radical (unpaired) electrons. The number of Topliss-reactive ketones (excluding diaryl/α,β-unsaturated/α-hetero) is 1. The highest BCUT2D eigenvalue weighted by Crippen LogP contribution is 2.41. The summed E-state index contributed by atoms with van der Waals surface area (Å²) in [5, 5.41) is 7.95. The lowest BCUT2D eigenvalue weighted by Gasteiger charge is -2.25. The van der Waals surface area contributed by atoms with Crippen LogP contribution >= 0.6 is 11.8 Å². The van der Waals surface area contributed by atoms with Crippen LogP contribution in [0.5, 0.6) is 0 Å². The number of nitrogens with zero attached hydrogens (tertiary/aromatic N) is 1. The number of aromatic nitrogens is 1. The Morgan fingerprint density at radius 3 is 2.81 bits per heavy atom. The molecular formula is C23H25N5O2S. The molecule has 0 fully saturated rings. The van der Waals surface area contributed by atoms with Crippen LogP contribution in [-0.4, -0.2) is 28.6 Å². The number of fused-ring (bicyclic) bond motifs is 1. The molecule has 0 amide bonds. The van der Waals surface area contributed by atoms with Crippen molar-refractivity contribution in [2.24, 2.45) is 11.8 Å². The van der Waals surface area contributed by atoms with Gasteiger partial charge in [-0.3, -0.25) is 9.80 Å². The number of benzene rings is 1. The van der Waals surface area contributed by atoms with E-state index in [1.165, 1.54) is 0 Å². The van der Waals surface area contributed by atoms with Gasteiger partial charge in [-0.1, -0.05) is 36.0 Å². The van der Waals surface area contributed by atoms with E-state index in [4.69, 9.17) is 10.6 Å². The molecule has 31 heavy (non-hydrogen) atoms. The van der Waals surface area contributed by atoms with Gasteiger partial charge in [0.05, 0.1) is 22.6 Å². The van der Waals surface area contributed by atoms with Crippen molar-refractivity contribution in [1.29, 1.82) is 0 Å². The van der Waals surface area contributed by atoms with Gasteiger partial charge < -0.3 is 20.4 Å². The van der Waals surface area contributed by atoms with Crippen LogP contribution in [0.4, 0.5) is 11.4 Å². The Labute approximate surface area is 185 Å². The number of thioether (sulfide) groups is 1. The van der Waals surface area contributed by atoms with Gasteiger partial charge >= 0.3 is 0 Å². The zero-order valence-corrected chi connectivity index (χ0v) is 17.8. The van der Waals surface area contributed by atoms with Gasteiger partial charge in [0, 0.05) is 30.6 Å². The van der Waals surface area contributed by atoms with E-state index in [-0.39, 0.29) is 17.3 Å². The summed E-state index contributed by atoms with van der Waals surface area (Å²) in [6, 6.07) is 9.74. The van der Waals surface area contributed by atoms with Crippen LogP contribution in [0, 0.1) is 5.92 Å². The fraction of sp³-hybridized carbons (Fsp3) is 0.261. The summed E-state index contributed by atoms with van der Waals surface area (Å²) in [4.78, 5) is 16.9. The third-order valence-corrected chi connectivity index (χ3v) is 6.88. The molecular weight excluding hydrogens is 410 g/mol. The minimum atomic E-state index is -0.0751. The number of carbonyl (C=O) groups excluding carboxylic acids is 1. The molecule has 5 rings (SSSR count). The number of anilines is 2. The lowest BCUT2D eigenvalue weighted by molar-refractivity contribution is 0.0954. The first-order chi connectivity index (χ1) is 15.2. The Balaban J connectivity index is 1.48. The van der Waals surface area contributed by atoms with Crippen LogP contribution in [0.15, 0.2) is 61.1 Å². The summed E-state index contributed by atoms with van der Waals surface area (Å²) < 4.78 is 5.46. The number of nitrogens with two attached hydrogens (primary N) is 1. The standard InChI is InChI=1S/C23H25N5O2S/c24-28(17-4-2-1-3-5-17)22-20-18(27-21(22)16-6-8-25-9-7-16)12-15(13-19(20)29)14-31-23-26-10-11-30-23/h1-8,10-11,15,23,25-27H,9,12-14,24H2. The maximum atomic E-state index is 13.3. The largest absolute Gasteiger partial charge is 0.467 e. The molecule has 1 aromatic carbocycles. The molecule has 5 N–H and O–H groups in total. The minimum absolute atomic E-state index is 0.0751. The quantitative estimate of drug-likeness (QED) is 0.408. The van der Waals surface area contributed by atoms with Gasteiger partial charge in [0.1, 0.15) is 6.26 Å². The van der Waals surface area contributed by atoms with Crippen molar-refractivity contribution < 1.29 is 9.53 Å². The number of aromatic amines is 1. The zero-order valence-electron chi connectivity index (χ0n) is 17.0. The number of hydrogen-bond acceptors (Lipinski definition) is 7. The summed E-state index contributed by atoms with van der Waals surface area (Å²) >= 11 is 1.68. The fourth-order valence-electron chi connectivity index (χ4n) is 4.22. The van der Waals surface area contributed by atoms with Crippen LogP contribution in [0.25, 0.3) is 5.57 Å². The second-order valence-electron chi connectivity index (χ2n) is 7.78. The van der Waals surface area contributed by atoms with Gasteiger partial charge in [-0.05, 0) is 42.3 Å². The molecule has 0 saturated heterocycles. The summed E-state index contributed by atoms with van der Waals surface area (Å²) in [6.45, 7) is 0.737. The highest BCUT2D eigenvalue weighted by molar-refractivity contribution is 7.99. The van der Waals surface area contributed by atoms with Gasteiger partial charge in [0.2, 0.25) is 5.56 Å². The van der Waals surface area contributed by atoms with Crippen molar-refractivity contribution in [1.82, 2.24) is 15.6 Å². The third-order valence-electron chi connectivity index (χ3n) is 5.67. The van der Waals surface area contributed by atoms with E-state index in [1.54, 1.807) is 29.2 Å². The smallest absolute Gasteiger partial charge is 0.217 e. The van der Waals surface area contributed by atoms with Crippen LogP contribution in [0.1, 0.15) is 28.2 Å². The van der Waals surface area contributed by atoms with Crippen molar-refractivity contribution in [3.63, 3.8) is 0 Å². The second kappa shape index (κ2) is 8.56. The predicted molar refractivity (Wildman–Crippen MR) is 124 cm³/mol. The zero-order chi connectivity index (χ0) is 21.2. The third kappa shape index (κ3) is 3.96. The first kappa shape index (κ1) is 19.8. The highest BCUT2D eigenvalue weighted by Gasteiger charge is 2.34. The Kier molecular flexibility index (Phi) is 5.48. The van der Waals surface area contributed by atoms with Gasteiger partial charge in [0.25, 0.3) is 0 Å². The van der Waals surface area contributed by atoms with Gasteiger partial charge in [-0.25, -0.2) is 5.84 Å². The lowest BCUT2D eigenvalue weighted by Crippen LogP contribution is -2.29. The van der Waals surface area contributed by atoms with Crippen LogP contribution in [0.2, 0.25) is 0 Å². The Morgan fingerprint density at radius 2 is 2.06 bits per heavy atom. The monoisotopic (exact) mass is 435 g/mol. The number of nitrogens with one attached hydrogen (secondary N) is 3. The average molecular weight is 436 g/mol. The summed E-state index contributed by atoms with van der Waals surface area (Å²) in [5.41, 5.74) is 5.11. The second-order valence-corrected chi connectivity index (χ2v) is 8.87. The van der Waals surface area contributed by atoms with Crippen molar-refractivity contribution in [2.75, 3.05) is 17.3 Å². The Morgan fingerprint density at radius 1 is 1.19 bits per heavy atom. The molecule has 160 valence electrons. The van der Waals surface area contributed by atoms with E-state index in [0.717, 1.165) is 47.1 Å². The van der Waals surface area contributed by atoms with E-state index >= 15 is 0 Å². The number of rotatable bonds is 6. The molecule has 1 aromatic heterocycles. The van der Waals surface area contributed by atoms with Crippen LogP contribution in [0.3, 0.4) is 0 Å².